The van der Waals surface area contributed by atoms with E-state index < -0.39 is 34.5 Å². The predicted molar refractivity (Wildman–Crippen MR) is 108 cm³/mol. The normalized spacial score (nSPS) is 16.6. The number of benzene rings is 2. The Balaban J connectivity index is 1.62. The number of aryl methyl sites for hydroxylation is 1. The van der Waals surface area contributed by atoms with Crippen LogP contribution in [0.15, 0.2) is 52.4 Å². The number of hydrogen-bond acceptors (Lipinski definition) is 6. The van der Waals surface area contributed by atoms with E-state index in [2.05, 4.69) is 15.0 Å². The van der Waals surface area contributed by atoms with Crippen molar-refractivity contribution in [3.05, 3.63) is 59.2 Å². The Morgan fingerprint density at radius 3 is 2.62 bits per heavy atom. The number of hydrogen-bond donors (Lipinski definition) is 2. The summed E-state index contributed by atoms with van der Waals surface area (Å²) < 4.78 is 31.5. The maximum atomic E-state index is 12.2. The molecule has 1 aliphatic heterocycles. The number of carbonyl (C=O) groups excluding carboxylic acids is 2. The minimum Gasteiger partial charge on any atom is -0.454 e. The van der Waals surface area contributed by atoms with Gasteiger partial charge in [-0.1, -0.05) is 24.3 Å². The van der Waals surface area contributed by atoms with Crippen LogP contribution in [-0.4, -0.2) is 38.8 Å². The third-order valence-corrected chi connectivity index (χ3v) is 5.95. The largest absolute Gasteiger partial charge is 0.454 e. The first-order chi connectivity index (χ1) is 13.7. The molecule has 1 amide bonds. The monoisotopic (exact) mass is 415 g/mol. The molecule has 0 aromatic heterocycles. The molecule has 1 atom stereocenters. The molecule has 0 aliphatic carbocycles. The van der Waals surface area contributed by atoms with Crippen molar-refractivity contribution in [3.63, 3.8) is 0 Å². The summed E-state index contributed by atoms with van der Waals surface area (Å²) in [5.41, 5.74) is 3.00. The van der Waals surface area contributed by atoms with Gasteiger partial charge < -0.3 is 10.1 Å². The second-order valence-corrected chi connectivity index (χ2v) is 8.31. The van der Waals surface area contributed by atoms with Gasteiger partial charge in [0.15, 0.2) is 6.61 Å². The molecule has 0 fully saturated rings. The Morgan fingerprint density at radius 2 is 1.86 bits per heavy atom. The molecule has 0 spiro atoms. The van der Waals surface area contributed by atoms with E-state index in [4.69, 9.17) is 4.74 Å². The van der Waals surface area contributed by atoms with Crippen LogP contribution in [0.2, 0.25) is 0 Å². The number of nitrogens with zero attached hydrogens (tertiary/aromatic N) is 1. The van der Waals surface area contributed by atoms with Crippen LogP contribution in [0, 0.1) is 13.8 Å². The average molecular weight is 415 g/mol. The van der Waals surface area contributed by atoms with Gasteiger partial charge >= 0.3 is 5.97 Å². The molecule has 8 nitrogen and oxygen atoms in total. The molecule has 0 radical (unpaired) electrons. The molecular formula is C20H21N3O5S. The highest BCUT2D eigenvalue weighted by atomic mass is 32.2. The SMILES string of the molecule is Cc1cccc(NC(=O)COC(=O)[C@H](C)N=C2NS(=O)(=O)c3ccccc32)c1C. The number of ether oxygens (including phenoxy) is 1. The van der Waals surface area contributed by atoms with Crippen molar-refractivity contribution in [2.45, 2.75) is 31.7 Å². The quantitative estimate of drug-likeness (QED) is 0.724. The lowest BCUT2D eigenvalue weighted by Crippen LogP contribution is -2.29. The van der Waals surface area contributed by atoms with Gasteiger partial charge in [-0.15, -0.1) is 0 Å². The number of amidine groups is 1. The number of carbonyl (C=O) groups is 2. The second kappa shape index (κ2) is 8.04. The highest BCUT2D eigenvalue weighted by Gasteiger charge is 2.31. The average Bonchev–Trinajstić information content (AvgIpc) is 2.94. The molecule has 1 heterocycles. The molecule has 2 aromatic rings. The van der Waals surface area contributed by atoms with Crippen LogP contribution in [0.25, 0.3) is 0 Å². The minimum atomic E-state index is -3.69. The molecule has 9 heteroatoms. The minimum absolute atomic E-state index is 0.0740. The number of amides is 1. The lowest BCUT2D eigenvalue weighted by atomic mass is 10.1. The van der Waals surface area contributed by atoms with Gasteiger partial charge in [0.2, 0.25) is 0 Å². The van der Waals surface area contributed by atoms with E-state index in [0.717, 1.165) is 11.1 Å². The number of fused-ring (bicyclic) bond motifs is 1. The van der Waals surface area contributed by atoms with E-state index in [1.807, 2.05) is 26.0 Å². The number of nitrogens with one attached hydrogen (secondary N) is 2. The van der Waals surface area contributed by atoms with E-state index in [-0.39, 0.29) is 10.7 Å². The van der Waals surface area contributed by atoms with Crippen molar-refractivity contribution < 1.29 is 22.7 Å². The number of rotatable bonds is 5. The van der Waals surface area contributed by atoms with Gasteiger partial charge in [-0.3, -0.25) is 14.5 Å². The van der Waals surface area contributed by atoms with Gasteiger partial charge in [-0.05, 0) is 50.1 Å². The summed E-state index contributed by atoms with van der Waals surface area (Å²) in [5.74, 6) is -1.14. The topological polar surface area (TPSA) is 114 Å². The van der Waals surface area contributed by atoms with Gasteiger partial charge in [0, 0.05) is 11.3 Å². The molecule has 2 aromatic carbocycles. The van der Waals surface area contributed by atoms with Crippen LogP contribution in [0.1, 0.15) is 23.6 Å². The van der Waals surface area contributed by atoms with Crippen molar-refractivity contribution in [2.75, 3.05) is 11.9 Å². The number of sulfonamides is 1. The zero-order chi connectivity index (χ0) is 21.2. The van der Waals surface area contributed by atoms with E-state index in [1.54, 1.807) is 24.3 Å². The van der Waals surface area contributed by atoms with Crippen molar-refractivity contribution in [1.29, 1.82) is 0 Å². The molecular weight excluding hydrogens is 394 g/mol. The lowest BCUT2D eigenvalue weighted by Gasteiger charge is -2.12. The fourth-order valence-corrected chi connectivity index (χ4v) is 4.05. The Kier molecular flexibility index (Phi) is 5.69. The first-order valence-electron chi connectivity index (χ1n) is 8.92. The van der Waals surface area contributed by atoms with Crippen LogP contribution in [0.3, 0.4) is 0 Å². The molecule has 1 aliphatic rings. The molecule has 0 saturated heterocycles. The maximum absolute atomic E-state index is 12.2. The van der Waals surface area contributed by atoms with Crippen LogP contribution < -0.4 is 10.0 Å². The van der Waals surface area contributed by atoms with E-state index in [0.29, 0.717) is 11.3 Å². The Morgan fingerprint density at radius 1 is 1.14 bits per heavy atom. The summed E-state index contributed by atoms with van der Waals surface area (Å²) in [6.45, 7) is 4.81. The van der Waals surface area contributed by atoms with Crippen molar-refractivity contribution in [1.82, 2.24) is 4.72 Å². The highest BCUT2D eigenvalue weighted by molar-refractivity contribution is 7.90. The smallest absolute Gasteiger partial charge is 0.331 e. The molecule has 2 N–H and O–H groups in total. The Hall–Kier alpha value is -3.20. The number of esters is 1. The first kappa shape index (κ1) is 20.5. The zero-order valence-electron chi connectivity index (χ0n) is 16.2. The Bertz CT molecular complexity index is 1110. The van der Waals surface area contributed by atoms with Gasteiger partial charge in [0.1, 0.15) is 11.9 Å². The van der Waals surface area contributed by atoms with Crippen LogP contribution in [0.5, 0.6) is 0 Å². The van der Waals surface area contributed by atoms with Gasteiger partial charge in [0.25, 0.3) is 15.9 Å². The third kappa shape index (κ3) is 4.45. The summed E-state index contributed by atoms with van der Waals surface area (Å²) in [4.78, 5) is 28.5. The molecule has 0 saturated carbocycles. The first-order valence-corrected chi connectivity index (χ1v) is 10.4. The predicted octanol–water partition coefficient (Wildman–Crippen LogP) is 1.91. The van der Waals surface area contributed by atoms with Crippen LogP contribution in [-0.2, 0) is 24.3 Å². The molecule has 29 heavy (non-hydrogen) atoms. The van der Waals surface area contributed by atoms with Gasteiger partial charge in [0.05, 0.1) is 4.90 Å². The van der Waals surface area contributed by atoms with Crippen LogP contribution >= 0.6 is 0 Å². The molecule has 152 valence electrons. The Labute approximate surface area is 169 Å². The summed E-state index contributed by atoms with van der Waals surface area (Å²) in [6.07, 6.45) is 0. The van der Waals surface area contributed by atoms with Gasteiger partial charge in [-0.2, -0.15) is 0 Å². The molecule has 0 bridgehead atoms. The summed E-state index contributed by atoms with van der Waals surface area (Å²) in [7, 11) is -3.69. The maximum Gasteiger partial charge on any atom is 0.331 e. The van der Waals surface area contributed by atoms with Crippen molar-refractivity contribution in [2.24, 2.45) is 4.99 Å². The lowest BCUT2D eigenvalue weighted by molar-refractivity contribution is -0.148. The van der Waals surface area contributed by atoms with E-state index in [9.17, 15) is 18.0 Å². The van der Waals surface area contributed by atoms with Crippen LogP contribution in [0.4, 0.5) is 5.69 Å². The fraction of sp³-hybridized carbons (Fsp3) is 0.250. The summed E-state index contributed by atoms with van der Waals surface area (Å²) >= 11 is 0. The van der Waals surface area contributed by atoms with E-state index in [1.165, 1.54) is 13.0 Å². The third-order valence-electron chi connectivity index (χ3n) is 4.55. The number of anilines is 1. The molecule has 3 rings (SSSR count). The summed E-state index contributed by atoms with van der Waals surface area (Å²) in [6, 6.07) is 10.9. The van der Waals surface area contributed by atoms with Crippen molar-refractivity contribution >= 4 is 33.4 Å². The highest BCUT2D eigenvalue weighted by Crippen LogP contribution is 2.22. The summed E-state index contributed by atoms with van der Waals surface area (Å²) in [5, 5.41) is 2.70. The fourth-order valence-electron chi connectivity index (χ4n) is 2.81. The second-order valence-electron chi connectivity index (χ2n) is 6.66. The number of aliphatic imine (C=N–C) groups is 1. The van der Waals surface area contributed by atoms with Gasteiger partial charge in [-0.25, -0.2) is 13.2 Å². The van der Waals surface area contributed by atoms with Crippen molar-refractivity contribution in [3.8, 4) is 0 Å². The van der Waals surface area contributed by atoms with E-state index >= 15 is 0 Å². The zero-order valence-corrected chi connectivity index (χ0v) is 17.0. The molecule has 0 unspecified atom stereocenters. The standard InChI is InChI=1S/C20H21N3O5S/c1-12-7-6-9-16(13(12)2)22-18(24)11-28-20(25)14(3)21-19-15-8-4-5-10-17(15)29(26,27)23-19/h4-10,14H,11H2,1-3H3,(H,21,23)(H,22,24)/t14-/m0/s1.